The molecule has 2 nitrogen and oxygen atoms in total. The lowest BCUT2D eigenvalue weighted by molar-refractivity contribution is 0.339. The summed E-state index contributed by atoms with van der Waals surface area (Å²) in [6.45, 7) is 2.25. The molecule has 2 rings (SSSR count). The molecule has 1 aromatic heterocycles. The van der Waals surface area contributed by atoms with Gasteiger partial charge in [-0.05, 0) is 18.8 Å². The first kappa shape index (κ1) is 10.1. The van der Waals surface area contributed by atoms with Crippen LogP contribution in [0.2, 0.25) is 0 Å². The molecule has 1 atom stereocenters. The zero-order chi connectivity index (χ0) is 9.97. The first-order chi connectivity index (χ1) is 6.85. The number of hydrogen-bond acceptors (Lipinski definition) is 3. The van der Waals surface area contributed by atoms with Crippen molar-refractivity contribution in [3.8, 4) is 0 Å². The van der Waals surface area contributed by atoms with E-state index in [1.54, 1.807) is 0 Å². The van der Waals surface area contributed by atoms with Gasteiger partial charge in [-0.25, -0.2) is 0 Å². The molecule has 1 aliphatic rings. The van der Waals surface area contributed by atoms with Gasteiger partial charge < -0.3 is 4.52 Å². The van der Waals surface area contributed by atoms with Crippen molar-refractivity contribution in [2.75, 3.05) is 0 Å². The molecule has 0 radical (unpaired) electrons. The summed E-state index contributed by atoms with van der Waals surface area (Å²) in [5, 5.41) is 4.06. The van der Waals surface area contributed by atoms with E-state index in [4.69, 9.17) is 4.52 Å². The average Bonchev–Trinajstić information content (AvgIpc) is 2.60. The standard InChI is InChI=1S/C11H17NOS/c1-2-3-8-4-5-11-9(6-8)10(7-14)12-13-11/h8,14H,2-7H2,1H3. The van der Waals surface area contributed by atoms with Crippen molar-refractivity contribution >= 4 is 12.6 Å². The van der Waals surface area contributed by atoms with Gasteiger partial charge in [-0.15, -0.1) is 0 Å². The van der Waals surface area contributed by atoms with E-state index < -0.39 is 0 Å². The minimum atomic E-state index is 0.706. The van der Waals surface area contributed by atoms with Gasteiger partial charge >= 0.3 is 0 Å². The second kappa shape index (κ2) is 4.39. The van der Waals surface area contributed by atoms with E-state index >= 15 is 0 Å². The highest BCUT2D eigenvalue weighted by molar-refractivity contribution is 7.79. The van der Waals surface area contributed by atoms with Crippen LogP contribution in [0.15, 0.2) is 4.52 Å². The van der Waals surface area contributed by atoms with Gasteiger partial charge in [-0.1, -0.05) is 24.9 Å². The summed E-state index contributed by atoms with van der Waals surface area (Å²) in [4.78, 5) is 0. The smallest absolute Gasteiger partial charge is 0.140 e. The van der Waals surface area contributed by atoms with Gasteiger partial charge in [-0.2, -0.15) is 12.6 Å². The predicted molar refractivity (Wildman–Crippen MR) is 59.6 cm³/mol. The Labute approximate surface area is 90.5 Å². The highest BCUT2D eigenvalue weighted by Gasteiger charge is 2.24. The number of rotatable bonds is 3. The zero-order valence-electron chi connectivity index (χ0n) is 8.62. The van der Waals surface area contributed by atoms with E-state index in [9.17, 15) is 0 Å². The Morgan fingerprint density at radius 3 is 3.14 bits per heavy atom. The first-order valence-electron chi connectivity index (χ1n) is 5.42. The molecule has 0 bridgehead atoms. The maximum absolute atomic E-state index is 5.31. The molecule has 1 aliphatic carbocycles. The fourth-order valence-corrected chi connectivity index (χ4v) is 2.56. The van der Waals surface area contributed by atoms with Crippen molar-refractivity contribution in [2.24, 2.45) is 5.92 Å². The molecule has 0 amide bonds. The summed E-state index contributed by atoms with van der Waals surface area (Å²) >= 11 is 4.27. The molecule has 0 N–H and O–H groups in total. The molecule has 0 saturated carbocycles. The van der Waals surface area contributed by atoms with Crippen LogP contribution in [0, 0.1) is 5.92 Å². The number of thiol groups is 1. The Kier molecular flexibility index (Phi) is 3.16. The van der Waals surface area contributed by atoms with Crippen LogP contribution >= 0.6 is 12.6 Å². The van der Waals surface area contributed by atoms with Crippen molar-refractivity contribution in [3.63, 3.8) is 0 Å². The highest BCUT2D eigenvalue weighted by atomic mass is 32.1. The summed E-state index contributed by atoms with van der Waals surface area (Å²) in [5.41, 5.74) is 2.41. The lowest BCUT2D eigenvalue weighted by atomic mass is 9.84. The third-order valence-corrected chi connectivity index (χ3v) is 3.37. The number of aromatic nitrogens is 1. The van der Waals surface area contributed by atoms with Crippen molar-refractivity contribution < 1.29 is 4.52 Å². The average molecular weight is 211 g/mol. The Bertz CT molecular complexity index is 295. The molecule has 0 aliphatic heterocycles. The number of nitrogens with zero attached hydrogens (tertiary/aromatic N) is 1. The van der Waals surface area contributed by atoms with Gasteiger partial charge in [0.15, 0.2) is 0 Å². The van der Waals surface area contributed by atoms with Crippen LogP contribution in [-0.2, 0) is 18.6 Å². The lowest BCUT2D eigenvalue weighted by Gasteiger charge is -2.20. The van der Waals surface area contributed by atoms with Crippen LogP contribution in [0.3, 0.4) is 0 Å². The van der Waals surface area contributed by atoms with Gasteiger partial charge in [-0.3, -0.25) is 0 Å². The fourth-order valence-electron chi connectivity index (χ4n) is 2.31. The topological polar surface area (TPSA) is 26.0 Å². The van der Waals surface area contributed by atoms with Crippen molar-refractivity contribution in [1.29, 1.82) is 0 Å². The summed E-state index contributed by atoms with van der Waals surface area (Å²) in [6.07, 6.45) is 6.10. The predicted octanol–water partition coefficient (Wildman–Crippen LogP) is 3.01. The summed E-state index contributed by atoms with van der Waals surface area (Å²) in [6, 6.07) is 0. The monoisotopic (exact) mass is 211 g/mol. The third-order valence-electron chi connectivity index (χ3n) is 3.07. The Morgan fingerprint density at radius 1 is 1.57 bits per heavy atom. The summed E-state index contributed by atoms with van der Waals surface area (Å²) < 4.78 is 5.31. The first-order valence-corrected chi connectivity index (χ1v) is 6.05. The molecule has 0 spiro atoms. The van der Waals surface area contributed by atoms with E-state index in [1.807, 2.05) is 0 Å². The van der Waals surface area contributed by atoms with Crippen LogP contribution in [-0.4, -0.2) is 5.16 Å². The molecule has 78 valence electrons. The van der Waals surface area contributed by atoms with Gasteiger partial charge in [0.1, 0.15) is 5.76 Å². The summed E-state index contributed by atoms with van der Waals surface area (Å²) in [5.74, 6) is 2.66. The van der Waals surface area contributed by atoms with E-state index in [-0.39, 0.29) is 0 Å². The van der Waals surface area contributed by atoms with Crippen molar-refractivity contribution in [1.82, 2.24) is 5.16 Å². The Balaban J connectivity index is 2.14. The number of fused-ring (bicyclic) bond motifs is 1. The zero-order valence-corrected chi connectivity index (χ0v) is 9.52. The fraction of sp³-hybridized carbons (Fsp3) is 0.727. The van der Waals surface area contributed by atoms with Crippen molar-refractivity contribution in [2.45, 2.75) is 44.8 Å². The quantitative estimate of drug-likeness (QED) is 0.778. The van der Waals surface area contributed by atoms with E-state index in [1.165, 1.54) is 24.8 Å². The normalized spacial score (nSPS) is 20.9. The van der Waals surface area contributed by atoms with Crippen LogP contribution in [0.5, 0.6) is 0 Å². The maximum Gasteiger partial charge on any atom is 0.140 e. The van der Waals surface area contributed by atoms with Gasteiger partial charge in [0, 0.05) is 17.7 Å². The molecule has 0 saturated heterocycles. The maximum atomic E-state index is 5.31. The molecule has 0 fully saturated rings. The molecule has 3 heteroatoms. The second-order valence-corrected chi connectivity index (χ2v) is 4.40. The van der Waals surface area contributed by atoms with Crippen LogP contribution in [0.25, 0.3) is 0 Å². The Morgan fingerprint density at radius 2 is 2.43 bits per heavy atom. The SMILES string of the molecule is CCCC1CCc2onc(CS)c2C1. The molecular formula is C11H17NOS. The largest absolute Gasteiger partial charge is 0.361 e. The van der Waals surface area contributed by atoms with Crippen LogP contribution in [0.4, 0.5) is 0 Å². The van der Waals surface area contributed by atoms with E-state index in [0.29, 0.717) is 5.75 Å². The lowest BCUT2D eigenvalue weighted by Crippen LogP contribution is -2.13. The highest BCUT2D eigenvalue weighted by Crippen LogP contribution is 2.30. The second-order valence-electron chi connectivity index (χ2n) is 4.09. The molecule has 1 aromatic rings. The van der Waals surface area contributed by atoms with Gasteiger partial charge in [0.25, 0.3) is 0 Å². The van der Waals surface area contributed by atoms with Crippen molar-refractivity contribution in [3.05, 3.63) is 17.0 Å². The summed E-state index contributed by atoms with van der Waals surface area (Å²) in [7, 11) is 0. The van der Waals surface area contributed by atoms with E-state index in [2.05, 4.69) is 24.7 Å². The molecule has 0 aromatic carbocycles. The number of aryl methyl sites for hydroxylation is 1. The molecular weight excluding hydrogens is 194 g/mol. The molecule has 14 heavy (non-hydrogen) atoms. The van der Waals surface area contributed by atoms with Crippen LogP contribution < -0.4 is 0 Å². The van der Waals surface area contributed by atoms with Gasteiger partial charge in [0.05, 0.1) is 5.69 Å². The third kappa shape index (κ3) is 1.83. The number of hydrogen-bond donors (Lipinski definition) is 1. The molecule has 1 heterocycles. The van der Waals surface area contributed by atoms with Crippen LogP contribution in [0.1, 0.15) is 43.2 Å². The van der Waals surface area contributed by atoms with Gasteiger partial charge in [0.2, 0.25) is 0 Å². The minimum absolute atomic E-state index is 0.706. The Hall–Kier alpha value is -0.440. The molecule has 1 unspecified atom stereocenters. The minimum Gasteiger partial charge on any atom is -0.361 e. The van der Waals surface area contributed by atoms with E-state index in [0.717, 1.165) is 30.2 Å².